The number of esters is 1. The molecular formula is C21H29NO7S. The Labute approximate surface area is 177 Å². The van der Waals surface area contributed by atoms with E-state index >= 15 is 0 Å². The van der Waals surface area contributed by atoms with E-state index in [-0.39, 0.29) is 35.6 Å². The summed E-state index contributed by atoms with van der Waals surface area (Å²) in [5.41, 5.74) is 0.212. The Balaban J connectivity index is 2.04. The maximum Gasteiger partial charge on any atom is 0.338 e. The lowest BCUT2D eigenvalue weighted by Gasteiger charge is -2.29. The van der Waals surface area contributed by atoms with Gasteiger partial charge in [-0.1, -0.05) is 26.5 Å². The van der Waals surface area contributed by atoms with Gasteiger partial charge < -0.3 is 19.1 Å². The second-order valence-electron chi connectivity index (χ2n) is 7.54. The average molecular weight is 440 g/mol. The van der Waals surface area contributed by atoms with Crippen LogP contribution in [0.1, 0.15) is 30.6 Å². The third-order valence-electron chi connectivity index (χ3n) is 4.61. The lowest BCUT2D eigenvalue weighted by atomic mass is 10.1. The van der Waals surface area contributed by atoms with Gasteiger partial charge in [-0.2, -0.15) is 0 Å². The van der Waals surface area contributed by atoms with E-state index in [4.69, 9.17) is 14.2 Å². The first-order valence-electron chi connectivity index (χ1n) is 9.75. The molecule has 1 fully saturated rings. The quantitative estimate of drug-likeness (QED) is 0.407. The summed E-state index contributed by atoms with van der Waals surface area (Å²) in [6, 6.07) is 4.18. The Morgan fingerprint density at radius 1 is 1.30 bits per heavy atom. The molecule has 1 aromatic carbocycles. The summed E-state index contributed by atoms with van der Waals surface area (Å²) in [6.45, 7) is 7.69. The van der Waals surface area contributed by atoms with Gasteiger partial charge in [0.05, 0.1) is 24.2 Å². The largest absolute Gasteiger partial charge is 0.493 e. The lowest BCUT2D eigenvalue weighted by Crippen LogP contribution is -2.45. The summed E-state index contributed by atoms with van der Waals surface area (Å²) < 4.78 is 39.5. The van der Waals surface area contributed by atoms with Gasteiger partial charge in [0.25, 0.3) is 5.91 Å². The number of hydrogen-bond acceptors (Lipinski definition) is 7. The van der Waals surface area contributed by atoms with Crippen LogP contribution in [0, 0.1) is 5.92 Å². The summed E-state index contributed by atoms with van der Waals surface area (Å²) in [6.07, 6.45) is 1.99. The predicted molar refractivity (Wildman–Crippen MR) is 113 cm³/mol. The number of hydrogen-bond donors (Lipinski definition) is 0. The van der Waals surface area contributed by atoms with Crippen LogP contribution in [0.2, 0.25) is 0 Å². The third kappa shape index (κ3) is 6.48. The van der Waals surface area contributed by atoms with Crippen LogP contribution in [-0.2, 0) is 19.4 Å². The van der Waals surface area contributed by atoms with E-state index in [0.717, 1.165) is 0 Å². The summed E-state index contributed by atoms with van der Waals surface area (Å²) in [5.74, 6) is -0.106. The molecule has 0 spiro atoms. The predicted octanol–water partition coefficient (Wildman–Crippen LogP) is 2.09. The fourth-order valence-corrected chi connectivity index (χ4v) is 4.96. The molecule has 8 nitrogen and oxygen atoms in total. The Kier molecular flexibility index (Phi) is 8.28. The van der Waals surface area contributed by atoms with Gasteiger partial charge in [-0.15, -0.1) is 0 Å². The van der Waals surface area contributed by atoms with Gasteiger partial charge in [0, 0.05) is 12.6 Å². The molecule has 1 aliphatic rings. The van der Waals surface area contributed by atoms with Crippen molar-refractivity contribution in [1.82, 2.24) is 4.90 Å². The SMILES string of the molecule is C=CCOc1ccc(C(=O)OCC(=O)N(CC(C)C)C2CCS(=O)(=O)C2)cc1OC. The van der Waals surface area contributed by atoms with Gasteiger partial charge in [-0.3, -0.25) is 4.79 Å². The van der Waals surface area contributed by atoms with E-state index < -0.39 is 28.3 Å². The summed E-state index contributed by atoms with van der Waals surface area (Å²) in [5, 5.41) is 0. The Morgan fingerprint density at radius 2 is 2.03 bits per heavy atom. The molecule has 166 valence electrons. The number of sulfone groups is 1. The molecule has 1 heterocycles. The van der Waals surface area contributed by atoms with Crippen molar-refractivity contribution < 1.29 is 32.2 Å². The van der Waals surface area contributed by atoms with Crippen molar-refractivity contribution >= 4 is 21.7 Å². The molecule has 1 aromatic rings. The number of methoxy groups -OCH3 is 1. The minimum atomic E-state index is -3.14. The molecule has 0 bridgehead atoms. The zero-order chi connectivity index (χ0) is 22.3. The number of rotatable bonds is 10. The molecule has 0 radical (unpaired) electrons. The number of carbonyl (C=O) groups excluding carboxylic acids is 2. The second-order valence-corrected chi connectivity index (χ2v) is 9.77. The molecule has 0 aromatic heterocycles. The highest BCUT2D eigenvalue weighted by atomic mass is 32.2. The lowest BCUT2D eigenvalue weighted by molar-refractivity contribution is -0.137. The maximum absolute atomic E-state index is 12.7. The van der Waals surface area contributed by atoms with Crippen LogP contribution in [0.15, 0.2) is 30.9 Å². The van der Waals surface area contributed by atoms with E-state index in [2.05, 4.69) is 6.58 Å². The first-order chi connectivity index (χ1) is 14.2. The first-order valence-corrected chi connectivity index (χ1v) is 11.6. The highest BCUT2D eigenvalue weighted by Crippen LogP contribution is 2.28. The zero-order valence-corrected chi connectivity index (χ0v) is 18.4. The molecule has 2 rings (SSSR count). The van der Waals surface area contributed by atoms with Gasteiger partial charge in [0.2, 0.25) is 0 Å². The Hall–Kier alpha value is -2.55. The van der Waals surface area contributed by atoms with Gasteiger partial charge in [0.15, 0.2) is 27.9 Å². The van der Waals surface area contributed by atoms with E-state index in [9.17, 15) is 18.0 Å². The molecule has 0 N–H and O–H groups in total. The monoisotopic (exact) mass is 439 g/mol. The zero-order valence-electron chi connectivity index (χ0n) is 17.6. The van der Waals surface area contributed by atoms with Crippen LogP contribution in [-0.4, -0.2) is 69.6 Å². The van der Waals surface area contributed by atoms with Crippen LogP contribution in [0.5, 0.6) is 11.5 Å². The van der Waals surface area contributed by atoms with Gasteiger partial charge in [0.1, 0.15) is 6.61 Å². The molecular weight excluding hydrogens is 410 g/mol. The van der Waals surface area contributed by atoms with Gasteiger partial charge in [-0.25, -0.2) is 13.2 Å². The maximum atomic E-state index is 12.7. The molecule has 1 atom stereocenters. The van der Waals surface area contributed by atoms with E-state index in [1.165, 1.54) is 24.1 Å². The van der Waals surface area contributed by atoms with Gasteiger partial charge in [-0.05, 0) is 30.5 Å². The molecule has 30 heavy (non-hydrogen) atoms. The van der Waals surface area contributed by atoms with Crippen molar-refractivity contribution in [3.05, 3.63) is 36.4 Å². The number of carbonyl (C=O) groups is 2. The topological polar surface area (TPSA) is 99.2 Å². The fraction of sp³-hybridized carbons (Fsp3) is 0.524. The smallest absolute Gasteiger partial charge is 0.338 e. The molecule has 1 unspecified atom stereocenters. The first kappa shape index (κ1) is 23.7. The minimum absolute atomic E-state index is 0.0528. The normalized spacial score (nSPS) is 17.4. The summed E-state index contributed by atoms with van der Waals surface area (Å²) in [4.78, 5) is 26.6. The number of nitrogens with zero attached hydrogens (tertiary/aromatic N) is 1. The molecule has 9 heteroatoms. The van der Waals surface area contributed by atoms with Crippen LogP contribution < -0.4 is 9.47 Å². The van der Waals surface area contributed by atoms with Crippen molar-refractivity contribution in [2.45, 2.75) is 26.3 Å². The van der Waals surface area contributed by atoms with E-state index in [1.807, 2.05) is 13.8 Å². The van der Waals surface area contributed by atoms with Crippen molar-refractivity contribution in [2.75, 3.05) is 38.4 Å². The van der Waals surface area contributed by atoms with Crippen LogP contribution in [0.25, 0.3) is 0 Å². The average Bonchev–Trinajstić information content (AvgIpc) is 3.07. The molecule has 0 saturated carbocycles. The fourth-order valence-electron chi connectivity index (χ4n) is 3.23. The second kappa shape index (κ2) is 10.5. The highest BCUT2D eigenvalue weighted by Gasteiger charge is 2.35. The summed E-state index contributed by atoms with van der Waals surface area (Å²) >= 11 is 0. The Morgan fingerprint density at radius 3 is 2.60 bits per heavy atom. The van der Waals surface area contributed by atoms with Crippen LogP contribution in [0.3, 0.4) is 0 Å². The molecule has 1 amide bonds. The van der Waals surface area contributed by atoms with Crippen LogP contribution >= 0.6 is 0 Å². The van der Waals surface area contributed by atoms with E-state index in [1.54, 1.807) is 12.1 Å². The molecule has 0 aliphatic carbocycles. The van der Waals surface area contributed by atoms with Crippen molar-refractivity contribution in [3.8, 4) is 11.5 Å². The minimum Gasteiger partial charge on any atom is -0.493 e. The Bertz CT molecular complexity index is 879. The number of benzene rings is 1. The van der Waals surface area contributed by atoms with Crippen molar-refractivity contribution in [3.63, 3.8) is 0 Å². The highest BCUT2D eigenvalue weighted by molar-refractivity contribution is 7.91. The summed E-state index contributed by atoms with van der Waals surface area (Å²) in [7, 11) is -1.68. The number of ether oxygens (including phenoxy) is 3. The van der Waals surface area contributed by atoms with Crippen molar-refractivity contribution in [2.24, 2.45) is 5.92 Å². The van der Waals surface area contributed by atoms with Gasteiger partial charge >= 0.3 is 5.97 Å². The van der Waals surface area contributed by atoms with E-state index in [0.29, 0.717) is 24.5 Å². The van der Waals surface area contributed by atoms with Crippen LogP contribution in [0.4, 0.5) is 0 Å². The number of amides is 1. The van der Waals surface area contributed by atoms with Crippen molar-refractivity contribution in [1.29, 1.82) is 0 Å². The standard InChI is InChI=1S/C21H29NO7S/c1-5-9-28-18-7-6-16(11-19(18)27-4)21(24)29-13-20(23)22(12-15(2)3)17-8-10-30(25,26)14-17/h5-7,11,15,17H,1,8-10,12-14H2,2-4H3. The third-order valence-corrected chi connectivity index (χ3v) is 6.36. The molecule has 1 aliphatic heterocycles. The molecule has 1 saturated heterocycles.